The van der Waals surface area contributed by atoms with Crippen LogP contribution in [0.15, 0.2) is 0 Å². The van der Waals surface area contributed by atoms with Gasteiger partial charge in [0.15, 0.2) is 0 Å². The lowest BCUT2D eigenvalue weighted by molar-refractivity contribution is -0.139. The molecule has 16 heavy (non-hydrogen) atoms. The summed E-state index contributed by atoms with van der Waals surface area (Å²) in [5.41, 5.74) is 0. The number of carboxylic acids is 1. The van der Waals surface area contributed by atoms with Gasteiger partial charge in [0.1, 0.15) is 0 Å². The van der Waals surface area contributed by atoms with Gasteiger partial charge in [0, 0.05) is 25.2 Å². The molecule has 6 nitrogen and oxygen atoms in total. The van der Waals surface area contributed by atoms with Crippen LogP contribution >= 0.6 is 0 Å². The first-order chi connectivity index (χ1) is 7.21. The van der Waals surface area contributed by atoms with Gasteiger partial charge in [-0.15, -0.1) is 0 Å². The fourth-order valence-corrected chi connectivity index (χ4v) is 2.83. The van der Waals surface area contributed by atoms with Crippen LogP contribution in [0.1, 0.15) is 13.3 Å². The number of carboxylic acid groups (broad SMARTS) is 1. The first kappa shape index (κ1) is 13.4. The molecule has 1 aliphatic rings. The molecule has 0 aliphatic carbocycles. The molecular weight excluding hydrogens is 232 g/mol. The maximum atomic E-state index is 11.4. The summed E-state index contributed by atoms with van der Waals surface area (Å²) in [6, 6.07) is -0.219. The van der Waals surface area contributed by atoms with E-state index in [9.17, 15) is 13.2 Å². The Bertz CT molecular complexity index is 368. The van der Waals surface area contributed by atoms with Gasteiger partial charge in [-0.1, -0.05) is 0 Å². The minimum atomic E-state index is -3.24. The molecule has 94 valence electrons. The molecule has 1 saturated heterocycles. The lowest BCUT2D eigenvalue weighted by Gasteiger charge is -2.42. The topological polar surface area (TPSA) is 77.9 Å². The largest absolute Gasteiger partial charge is 0.481 e. The van der Waals surface area contributed by atoms with Gasteiger partial charge in [-0.3, -0.25) is 9.69 Å². The van der Waals surface area contributed by atoms with Gasteiger partial charge in [0.2, 0.25) is 10.0 Å². The summed E-state index contributed by atoms with van der Waals surface area (Å²) < 4.78 is 24.2. The number of likely N-dealkylation sites (N-methyl/N-ethyl adjacent to an activating group) is 1. The molecule has 2 atom stereocenters. The van der Waals surface area contributed by atoms with Crippen molar-refractivity contribution in [3.63, 3.8) is 0 Å². The average molecular weight is 250 g/mol. The van der Waals surface area contributed by atoms with Crippen LogP contribution in [0, 0.1) is 0 Å². The van der Waals surface area contributed by atoms with E-state index < -0.39 is 16.0 Å². The number of piperazine rings is 1. The molecule has 0 aromatic rings. The highest BCUT2D eigenvalue weighted by molar-refractivity contribution is 7.88. The van der Waals surface area contributed by atoms with Crippen molar-refractivity contribution in [1.82, 2.24) is 9.21 Å². The van der Waals surface area contributed by atoms with Gasteiger partial charge in [-0.05, 0) is 14.0 Å². The number of aliphatic carboxylic acids is 1. The van der Waals surface area contributed by atoms with Crippen LogP contribution in [-0.2, 0) is 14.8 Å². The van der Waals surface area contributed by atoms with Gasteiger partial charge >= 0.3 is 5.97 Å². The highest BCUT2D eigenvalue weighted by Gasteiger charge is 2.34. The number of hydrogen-bond donors (Lipinski definition) is 1. The van der Waals surface area contributed by atoms with E-state index in [4.69, 9.17) is 5.11 Å². The van der Waals surface area contributed by atoms with Crippen LogP contribution < -0.4 is 0 Å². The third-order valence-corrected chi connectivity index (χ3v) is 4.27. The molecule has 1 heterocycles. The van der Waals surface area contributed by atoms with Crippen molar-refractivity contribution < 1.29 is 18.3 Å². The molecule has 0 aromatic heterocycles. The lowest BCUT2D eigenvalue weighted by atomic mass is 10.1. The third kappa shape index (κ3) is 3.16. The van der Waals surface area contributed by atoms with Crippen molar-refractivity contribution in [2.24, 2.45) is 0 Å². The Hall–Kier alpha value is -0.660. The Kier molecular flexibility index (Phi) is 3.92. The summed E-state index contributed by atoms with van der Waals surface area (Å²) in [6.07, 6.45) is 1.12. The summed E-state index contributed by atoms with van der Waals surface area (Å²) in [5, 5.41) is 8.76. The monoisotopic (exact) mass is 250 g/mol. The third-order valence-electron chi connectivity index (χ3n) is 3.03. The van der Waals surface area contributed by atoms with Crippen molar-refractivity contribution in [3.05, 3.63) is 0 Å². The first-order valence-corrected chi connectivity index (χ1v) is 6.95. The van der Waals surface area contributed by atoms with Crippen LogP contribution in [0.5, 0.6) is 0 Å². The summed E-state index contributed by atoms with van der Waals surface area (Å²) in [7, 11) is -1.41. The number of nitrogens with zero attached hydrogens (tertiary/aromatic N) is 2. The molecular formula is C9H18N2O4S. The first-order valence-electron chi connectivity index (χ1n) is 5.10. The van der Waals surface area contributed by atoms with E-state index in [1.807, 2.05) is 18.9 Å². The standard InChI is InChI=1S/C9H18N2O4S/c1-7-5-11(16(3,14)15)6-8(10(7)2)4-9(12)13/h7-8H,4-6H2,1-3H3,(H,12,13)/t7-,8+/m0/s1. The Morgan fingerprint density at radius 3 is 2.44 bits per heavy atom. The highest BCUT2D eigenvalue weighted by Crippen LogP contribution is 2.18. The second-order valence-electron chi connectivity index (χ2n) is 4.35. The van der Waals surface area contributed by atoms with Gasteiger partial charge in [0.05, 0.1) is 12.7 Å². The maximum Gasteiger partial charge on any atom is 0.304 e. The number of carbonyl (C=O) groups is 1. The predicted molar refractivity (Wildman–Crippen MR) is 59.7 cm³/mol. The summed E-state index contributed by atoms with van der Waals surface area (Å²) in [6.45, 7) is 2.57. The summed E-state index contributed by atoms with van der Waals surface area (Å²) in [5.74, 6) is -0.903. The van der Waals surface area contributed by atoms with Crippen molar-refractivity contribution in [3.8, 4) is 0 Å². The Morgan fingerprint density at radius 1 is 1.44 bits per heavy atom. The fraction of sp³-hybridized carbons (Fsp3) is 0.889. The molecule has 0 spiro atoms. The maximum absolute atomic E-state index is 11.4. The fourth-order valence-electron chi connectivity index (χ4n) is 1.90. The Balaban J connectivity index is 2.81. The zero-order chi connectivity index (χ0) is 12.5. The van der Waals surface area contributed by atoms with Crippen molar-refractivity contribution >= 4 is 16.0 Å². The summed E-state index contributed by atoms with van der Waals surface area (Å²) >= 11 is 0. The molecule has 0 bridgehead atoms. The molecule has 7 heteroatoms. The predicted octanol–water partition coefficient (Wildman–Crippen LogP) is -0.575. The van der Waals surface area contributed by atoms with E-state index >= 15 is 0 Å². The van der Waals surface area contributed by atoms with Crippen LogP contribution in [0.3, 0.4) is 0 Å². The van der Waals surface area contributed by atoms with Crippen molar-refractivity contribution in [2.45, 2.75) is 25.4 Å². The SMILES string of the molecule is C[C@H]1CN(S(C)(=O)=O)C[C@@H](CC(=O)O)N1C. The number of rotatable bonds is 3. The van der Waals surface area contributed by atoms with Crippen LogP contribution in [-0.4, -0.2) is 67.2 Å². The molecule has 1 aliphatic heterocycles. The molecule has 1 N–H and O–H groups in total. The Labute approximate surface area is 95.9 Å². The van der Waals surface area contributed by atoms with E-state index in [0.29, 0.717) is 6.54 Å². The van der Waals surface area contributed by atoms with E-state index in [1.165, 1.54) is 4.31 Å². The van der Waals surface area contributed by atoms with E-state index in [1.54, 1.807) is 0 Å². The van der Waals surface area contributed by atoms with Crippen molar-refractivity contribution in [2.75, 3.05) is 26.4 Å². The van der Waals surface area contributed by atoms with Gasteiger partial charge in [-0.25, -0.2) is 8.42 Å². The second-order valence-corrected chi connectivity index (χ2v) is 6.33. The van der Waals surface area contributed by atoms with Crippen LogP contribution in [0.25, 0.3) is 0 Å². The van der Waals surface area contributed by atoms with Gasteiger partial charge in [-0.2, -0.15) is 4.31 Å². The van der Waals surface area contributed by atoms with Crippen molar-refractivity contribution in [1.29, 1.82) is 0 Å². The van der Waals surface area contributed by atoms with E-state index in [0.717, 1.165) is 6.26 Å². The van der Waals surface area contributed by atoms with Crippen LogP contribution in [0.4, 0.5) is 0 Å². The second kappa shape index (κ2) is 4.68. The minimum absolute atomic E-state index is 0.0349. The van der Waals surface area contributed by atoms with E-state index in [-0.39, 0.29) is 25.0 Å². The van der Waals surface area contributed by atoms with Crippen LogP contribution in [0.2, 0.25) is 0 Å². The van der Waals surface area contributed by atoms with Gasteiger partial charge in [0.25, 0.3) is 0 Å². The summed E-state index contributed by atoms with van der Waals surface area (Å²) in [4.78, 5) is 12.6. The number of sulfonamides is 1. The smallest absolute Gasteiger partial charge is 0.304 e. The molecule has 0 unspecified atom stereocenters. The Morgan fingerprint density at radius 2 is 2.00 bits per heavy atom. The quantitative estimate of drug-likeness (QED) is 0.725. The molecule has 0 saturated carbocycles. The van der Waals surface area contributed by atoms with Gasteiger partial charge < -0.3 is 5.11 Å². The molecule has 0 radical (unpaired) electrons. The molecule has 1 fully saturated rings. The average Bonchev–Trinajstić information content (AvgIpc) is 2.10. The normalized spacial score (nSPS) is 29.2. The van der Waals surface area contributed by atoms with E-state index in [2.05, 4.69) is 0 Å². The highest BCUT2D eigenvalue weighted by atomic mass is 32.2. The zero-order valence-electron chi connectivity index (χ0n) is 9.75. The molecule has 0 amide bonds. The lowest BCUT2D eigenvalue weighted by Crippen LogP contribution is -2.57. The zero-order valence-corrected chi connectivity index (χ0v) is 10.6. The molecule has 1 rings (SSSR count). The number of hydrogen-bond acceptors (Lipinski definition) is 4. The molecule has 0 aromatic carbocycles. The minimum Gasteiger partial charge on any atom is -0.481 e.